The number of fused-ring (bicyclic) bond motifs is 3. The molecule has 0 saturated carbocycles. The van der Waals surface area contributed by atoms with Crippen LogP contribution in [0.5, 0.6) is 0 Å². The molecule has 0 bridgehead atoms. The third-order valence-corrected chi connectivity index (χ3v) is 6.98. The maximum absolute atomic E-state index is 13.0. The van der Waals surface area contributed by atoms with E-state index in [4.69, 9.17) is 16.3 Å². The van der Waals surface area contributed by atoms with E-state index in [1.807, 2.05) is 40.1 Å². The van der Waals surface area contributed by atoms with Gasteiger partial charge in [0.2, 0.25) is 5.78 Å². The van der Waals surface area contributed by atoms with Crippen molar-refractivity contribution in [2.24, 2.45) is 0 Å². The minimum Gasteiger partial charge on any atom is -0.376 e. The SMILES string of the molecule is O=c1c2sccc2n2c(SCc3cccc(Cl)c3)nnc2n1C[C@@H]1CCCO1. The predicted octanol–water partition coefficient (Wildman–Crippen LogP) is 4.23. The van der Waals surface area contributed by atoms with Crippen LogP contribution in [0, 0.1) is 0 Å². The summed E-state index contributed by atoms with van der Waals surface area (Å²) in [5.74, 6) is 1.29. The number of hydrogen-bond acceptors (Lipinski definition) is 6. The summed E-state index contributed by atoms with van der Waals surface area (Å²) in [5, 5.41) is 12.2. The summed E-state index contributed by atoms with van der Waals surface area (Å²) in [6.45, 7) is 1.26. The smallest absolute Gasteiger partial charge is 0.272 e. The topological polar surface area (TPSA) is 61.4 Å². The standard InChI is InChI=1S/C19H17ClN4O2S2/c20-13-4-1-3-12(9-13)11-28-19-22-21-18-23(10-14-5-2-7-26-14)17(25)16-15(24(18)19)6-8-27-16/h1,3-4,6,8-9,14H,2,5,7,10-11H2/t14-/m0/s1. The third kappa shape index (κ3) is 3.24. The van der Waals surface area contributed by atoms with Crippen molar-refractivity contribution in [3.63, 3.8) is 0 Å². The summed E-state index contributed by atoms with van der Waals surface area (Å²) in [4.78, 5) is 13.0. The lowest BCUT2D eigenvalue weighted by molar-refractivity contribution is 0.0969. The zero-order valence-corrected chi connectivity index (χ0v) is 17.3. The van der Waals surface area contributed by atoms with Crippen LogP contribution in [0.4, 0.5) is 0 Å². The molecule has 1 aliphatic heterocycles. The molecular weight excluding hydrogens is 416 g/mol. The number of nitrogens with zero attached hydrogens (tertiary/aromatic N) is 4. The Balaban J connectivity index is 1.57. The number of benzene rings is 1. The largest absolute Gasteiger partial charge is 0.376 e. The highest BCUT2D eigenvalue weighted by Crippen LogP contribution is 2.27. The molecule has 1 saturated heterocycles. The van der Waals surface area contributed by atoms with E-state index < -0.39 is 0 Å². The van der Waals surface area contributed by atoms with Crippen molar-refractivity contribution in [3.05, 3.63) is 56.7 Å². The number of rotatable bonds is 5. The molecule has 0 spiro atoms. The molecule has 4 aromatic rings. The van der Waals surface area contributed by atoms with Crippen molar-refractivity contribution < 1.29 is 4.74 Å². The van der Waals surface area contributed by atoms with Gasteiger partial charge >= 0.3 is 0 Å². The number of hydrogen-bond donors (Lipinski definition) is 0. The van der Waals surface area contributed by atoms with Gasteiger partial charge in [-0.3, -0.25) is 13.8 Å². The first kappa shape index (κ1) is 18.2. The monoisotopic (exact) mass is 432 g/mol. The quantitative estimate of drug-likeness (QED) is 0.441. The van der Waals surface area contributed by atoms with Gasteiger partial charge in [-0.1, -0.05) is 35.5 Å². The van der Waals surface area contributed by atoms with Gasteiger partial charge in [0, 0.05) is 17.4 Å². The molecule has 28 heavy (non-hydrogen) atoms. The fourth-order valence-corrected chi connectivity index (χ4v) is 5.44. The summed E-state index contributed by atoms with van der Waals surface area (Å²) in [5.41, 5.74) is 1.95. The van der Waals surface area contributed by atoms with Crippen LogP contribution < -0.4 is 5.56 Å². The zero-order valence-electron chi connectivity index (χ0n) is 14.9. The van der Waals surface area contributed by atoms with Crippen LogP contribution >= 0.6 is 34.7 Å². The molecule has 0 radical (unpaired) electrons. The van der Waals surface area contributed by atoms with E-state index in [9.17, 15) is 4.79 Å². The first-order chi connectivity index (χ1) is 13.7. The molecule has 6 nitrogen and oxygen atoms in total. The van der Waals surface area contributed by atoms with Crippen molar-refractivity contribution in [3.8, 4) is 0 Å². The minimum atomic E-state index is -0.0215. The molecule has 1 atom stereocenters. The molecule has 0 N–H and O–H groups in total. The van der Waals surface area contributed by atoms with Gasteiger partial charge in [-0.25, -0.2) is 0 Å². The molecule has 4 heterocycles. The number of thiophene rings is 1. The van der Waals surface area contributed by atoms with Crippen molar-refractivity contribution >= 4 is 50.7 Å². The normalized spacial score (nSPS) is 17.1. The van der Waals surface area contributed by atoms with Gasteiger partial charge in [0.1, 0.15) is 4.70 Å². The average molecular weight is 433 g/mol. The molecule has 0 amide bonds. The Hall–Kier alpha value is -1.87. The fourth-order valence-electron chi connectivity index (χ4n) is 3.52. The van der Waals surface area contributed by atoms with Gasteiger partial charge in [0.05, 0.1) is 18.2 Å². The molecule has 1 fully saturated rings. The van der Waals surface area contributed by atoms with Crippen LogP contribution in [0.2, 0.25) is 5.02 Å². The second-order valence-corrected chi connectivity index (χ2v) is 9.02. The van der Waals surface area contributed by atoms with Gasteiger partial charge in [0.15, 0.2) is 5.16 Å². The Morgan fingerprint density at radius 1 is 1.32 bits per heavy atom. The molecule has 1 aliphatic rings. The number of thioether (sulfide) groups is 1. The third-order valence-electron chi connectivity index (χ3n) is 4.85. The zero-order chi connectivity index (χ0) is 19.1. The van der Waals surface area contributed by atoms with Gasteiger partial charge in [0.25, 0.3) is 5.56 Å². The Morgan fingerprint density at radius 3 is 3.07 bits per heavy atom. The summed E-state index contributed by atoms with van der Waals surface area (Å²) in [7, 11) is 0. The second kappa shape index (κ2) is 7.51. The molecule has 3 aromatic heterocycles. The van der Waals surface area contributed by atoms with Crippen LogP contribution in [0.15, 0.2) is 45.7 Å². The van der Waals surface area contributed by atoms with Gasteiger partial charge in [-0.15, -0.1) is 21.5 Å². The Labute approximate surface area is 174 Å². The lowest BCUT2D eigenvalue weighted by Crippen LogP contribution is -2.28. The fraction of sp³-hybridized carbons (Fsp3) is 0.316. The summed E-state index contributed by atoms with van der Waals surface area (Å²) >= 11 is 9.13. The average Bonchev–Trinajstić information content (AvgIpc) is 3.43. The van der Waals surface area contributed by atoms with E-state index in [1.165, 1.54) is 11.3 Å². The van der Waals surface area contributed by atoms with Gasteiger partial charge < -0.3 is 4.74 Å². The summed E-state index contributed by atoms with van der Waals surface area (Å²) in [6, 6.07) is 9.75. The Bertz CT molecular complexity index is 1210. The van der Waals surface area contributed by atoms with Crippen LogP contribution in [0.3, 0.4) is 0 Å². The van der Waals surface area contributed by atoms with E-state index in [-0.39, 0.29) is 11.7 Å². The van der Waals surface area contributed by atoms with Crippen molar-refractivity contribution in [2.45, 2.75) is 36.4 Å². The molecule has 1 aromatic carbocycles. The first-order valence-electron chi connectivity index (χ1n) is 9.05. The van der Waals surface area contributed by atoms with Crippen LogP contribution in [0.1, 0.15) is 18.4 Å². The molecular formula is C19H17ClN4O2S2. The number of aromatic nitrogens is 4. The predicted molar refractivity (Wildman–Crippen MR) is 113 cm³/mol. The van der Waals surface area contributed by atoms with E-state index >= 15 is 0 Å². The Kier molecular flexibility index (Phi) is 4.88. The molecule has 0 unspecified atom stereocenters. The molecule has 9 heteroatoms. The summed E-state index contributed by atoms with van der Waals surface area (Å²) in [6.07, 6.45) is 2.05. The maximum atomic E-state index is 13.0. The first-order valence-corrected chi connectivity index (χ1v) is 11.3. The van der Waals surface area contributed by atoms with Crippen molar-refractivity contribution in [1.29, 1.82) is 0 Å². The summed E-state index contributed by atoms with van der Waals surface area (Å²) < 4.78 is 10.2. The minimum absolute atomic E-state index is 0.0215. The molecule has 5 rings (SSSR count). The Morgan fingerprint density at radius 2 is 2.25 bits per heavy atom. The van der Waals surface area contributed by atoms with Crippen molar-refractivity contribution in [1.82, 2.24) is 19.2 Å². The van der Waals surface area contributed by atoms with E-state index in [0.29, 0.717) is 12.3 Å². The number of halogens is 1. The lowest BCUT2D eigenvalue weighted by Gasteiger charge is -2.13. The van der Waals surface area contributed by atoms with Gasteiger partial charge in [-0.2, -0.15) is 0 Å². The van der Waals surface area contributed by atoms with Crippen LogP contribution in [-0.4, -0.2) is 31.9 Å². The molecule has 144 valence electrons. The second-order valence-electron chi connectivity index (χ2n) is 6.72. The highest BCUT2D eigenvalue weighted by molar-refractivity contribution is 7.98. The van der Waals surface area contributed by atoms with E-state index in [0.717, 1.165) is 51.2 Å². The van der Waals surface area contributed by atoms with Crippen LogP contribution in [-0.2, 0) is 17.0 Å². The van der Waals surface area contributed by atoms with E-state index in [2.05, 4.69) is 10.2 Å². The van der Waals surface area contributed by atoms with Crippen molar-refractivity contribution in [2.75, 3.05) is 6.61 Å². The highest BCUT2D eigenvalue weighted by Gasteiger charge is 2.22. The maximum Gasteiger partial charge on any atom is 0.272 e. The van der Waals surface area contributed by atoms with Crippen LogP contribution in [0.25, 0.3) is 16.0 Å². The molecule has 0 aliphatic carbocycles. The number of ether oxygens (including phenoxy) is 1. The van der Waals surface area contributed by atoms with Gasteiger partial charge in [-0.05, 0) is 42.0 Å². The van der Waals surface area contributed by atoms with E-state index in [1.54, 1.807) is 16.3 Å². The lowest BCUT2D eigenvalue weighted by atomic mass is 10.2. The highest BCUT2D eigenvalue weighted by atomic mass is 35.5.